The summed E-state index contributed by atoms with van der Waals surface area (Å²) in [6.45, 7) is 0. The molecule has 10 heteroatoms. The minimum Gasteiger partial charge on any atom is -0.318 e. The van der Waals surface area contributed by atoms with Crippen LogP contribution >= 0.6 is 22.7 Å². The Balaban J connectivity index is 1.86. The Labute approximate surface area is 142 Å². The quantitative estimate of drug-likeness (QED) is 0.504. The van der Waals surface area contributed by atoms with Gasteiger partial charge in [0.1, 0.15) is 17.4 Å². The molecule has 118 valence electrons. The fourth-order valence-electron chi connectivity index (χ4n) is 2.85. The smallest absolute Gasteiger partial charge is 0.288 e. The summed E-state index contributed by atoms with van der Waals surface area (Å²) >= 11 is 3.16. The fourth-order valence-corrected chi connectivity index (χ4v) is 4.39. The SMILES string of the molecule is O=c1[nH]nc(-c2cccs2)c2c1Nc1nnnn1[C@H]2c1cccs1. The monoisotopic (exact) mass is 355 g/mol. The normalized spacial score (nSPS) is 15.6. The number of hydrogen-bond donors (Lipinski definition) is 2. The molecule has 2 N–H and O–H groups in total. The molecule has 0 saturated carbocycles. The number of rotatable bonds is 2. The van der Waals surface area contributed by atoms with E-state index in [0.717, 1.165) is 21.0 Å². The highest BCUT2D eigenvalue weighted by Gasteiger charge is 2.34. The lowest BCUT2D eigenvalue weighted by atomic mass is 10.00. The highest BCUT2D eigenvalue weighted by molar-refractivity contribution is 7.13. The van der Waals surface area contributed by atoms with Crippen molar-refractivity contribution in [3.63, 3.8) is 0 Å². The molecule has 0 unspecified atom stereocenters. The van der Waals surface area contributed by atoms with Crippen LogP contribution in [-0.2, 0) is 0 Å². The van der Waals surface area contributed by atoms with Crippen LogP contribution in [0.3, 0.4) is 0 Å². The maximum Gasteiger partial charge on any atom is 0.288 e. The van der Waals surface area contributed by atoms with Crippen molar-refractivity contribution in [2.24, 2.45) is 0 Å². The number of aromatic amines is 1. The van der Waals surface area contributed by atoms with Gasteiger partial charge in [-0.25, -0.2) is 5.10 Å². The highest BCUT2D eigenvalue weighted by atomic mass is 32.1. The number of tetrazole rings is 1. The van der Waals surface area contributed by atoms with Gasteiger partial charge < -0.3 is 5.32 Å². The molecule has 0 aliphatic carbocycles. The van der Waals surface area contributed by atoms with Gasteiger partial charge in [-0.3, -0.25) is 4.79 Å². The third-order valence-corrected chi connectivity index (χ3v) is 5.64. The van der Waals surface area contributed by atoms with Crippen molar-refractivity contribution in [3.8, 4) is 10.6 Å². The van der Waals surface area contributed by atoms with Crippen molar-refractivity contribution in [1.82, 2.24) is 30.4 Å². The van der Waals surface area contributed by atoms with Crippen molar-refractivity contribution >= 4 is 34.3 Å². The number of thiophene rings is 2. The standard InChI is InChI=1S/C14H9N7OS2/c22-13-11-9(10(16-17-13)7-3-1-5-23-7)12(8-4-2-6-24-8)21-14(15-11)18-19-20-21/h1-6,12H,(H,17,22)(H,15,18,20)/t12-/m0/s1. The first-order chi connectivity index (χ1) is 11.8. The highest BCUT2D eigenvalue weighted by Crippen LogP contribution is 2.42. The fraction of sp³-hybridized carbons (Fsp3) is 0.0714. The Bertz CT molecular complexity index is 1070. The van der Waals surface area contributed by atoms with E-state index in [2.05, 4.69) is 31.0 Å². The molecular formula is C14H9N7OS2. The molecule has 0 bridgehead atoms. The first-order valence-electron chi connectivity index (χ1n) is 7.07. The van der Waals surface area contributed by atoms with Crippen molar-refractivity contribution in [3.05, 3.63) is 55.8 Å². The van der Waals surface area contributed by atoms with Gasteiger partial charge in [0.15, 0.2) is 0 Å². The number of fused-ring (bicyclic) bond motifs is 2. The number of hydrogen-bond acceptors (Lipinski definition) is 8. The van der Waals surface area contributed by atoms with Crippen LogP contribution in [0.1, 0.15) is 16.5 Å². The molecule has 0 aromatic carbocycles. The average molecular weight is 355 g/mol. The van der Waals surface area contributed by atoms with E-state index in [1.54, 1.807) is 27.4 Å². The van der Waals surface area contributed by atoms with Crippen LogP contribution in [0.4, 0.5) is 11.6 Å². The maximum atomic E-state index is 12.4. The zero-order chi connectivity index (χ0) is 16.1. The van der Waals surface area contributed by atoms with Crippen molar-refractivity contribution < 1.29 is 0 Å². The number of anilines is 2. The van der Waals surface area contributed by atoms with Gasteiger partial charge in [-0.15, -0.1) is 22.7 Å². The molecule has 24 heavy (non-hydrogen) atoms. The first-order valence-corrected chi connectivity index (χ1v) is 8.83. The number of H-pyrrole nitrogens is 1. The topological polar surface area (TPSA) is 101 Å². The van der Waals surface area contributed by atoms with Crippen LogP contribution < -0.4 is 10.9 Å². The summed E-state index contributed by atoms with van der Waals surface area (Å²) in [6, 6.07) is 7.62. The van der Waals surface area contributed by atoms with E-state index >= 15 is 0 Å². The molecule has 0 saturated heterocycles. The summed E-state index contributed by atoms with van der Waals surface area (Å²) in [5.41, 5.74) is 1.66. The van der Waals surface area contributed by atoms with Gasteiger partial charge in [0.05, 0.1) is 4.88 Å². The van der Waals surface area contributed by atoms with Gasteiger partial charge in [-0.05, 0) is 33.3 Å². The van der Waals surface area contributed by atoms with Crippen molar-refractivity contribution in [2.45, 2.75) is 6.04 Å². The van der Waals surface area contributed by atoms with Crippen molar-refractivity contribution in [2.75, 3.05) is 5.32 Å². The molecule has 4 aromatic rings. The third-order valence-electron chi connectivity index (χ3n) is 3.84. The lowest BCUT2D eigenvalue weighted by Gasteiger charge is -2.26. The molecular weight excluding hydrogens is 346 g/mol. The van der Waals surface area contributed by atoms with E-state index < -0.39 is 0 Å². The average Bonchev–Trinajstić information content (AvgIpc) is 3.34. The minimum atomic E-state index is -0.293. The summed E-state index contributed by atoms with van der Waals surface area (Å²) in [5, 5.41) is 25.7. The van der Waals surface area contributed by atoms with E-state index in [-0.39, 0.29) is 11.6 Å². The Morgan fingerprint density at radius 2 is 2.04 bits per heavy atom. The van der Waals surface area contributed by atoms with Crippen LogP contribution in [-0.4, -0.2) is 30.4 Å². The Kier molecular flexibility index (Phi) is 2.87. The number of nitrogens with one attached hydrogen (secondary N) is 2. The van der Waals surface area contributed by atoms with Crippen LogP contribution in [0.5, 0.6) is 0 Å². The molecule has 0 spiro atoms. The lowest BCUT2D eigenvalue weighted by molar-refractivity contribution is 0.574. The van der Waals surface area contributed by atoms with E-state index in [0.29, 0.717) is 11.6 Å². The second kappa shape index (κ2) is 5.08. The summed E-state index contributed by atoms with van der Waals surface area (Å²) in [5.74, 6) is 0.440. The summed E-state index contributed by atoms with van der Waals surface area (Å²) in [7, 11) is 0. The van der Waals surface area contributed by atoms with Gasteiger partial charge in [-0.2, -0.15) is 9.78 Å². The Morgan fingerprint density at radius 1 is 1.17 bits per heavy atom. The van der Waals surface area contributed by atoms with Gasteiger partial charge in [0, 0.05) is 10.4 Å². The van der Waals surface area contributed by atoms with Crippen molar-refractivity contribution in [1.29, 1.82) is 0 Å². The minimum absolute atomic E-state index is 0.291. The molecule has 0 amide bonds. The first kappa shape index (κ1) is 13.6. The molecule has 0 radical (unpaired) electrons. The molecule has 4 aromatic heterocycles. The van der Waals surface area contributed by atoms with Gasteiger partial charge in [0.25, 0.3) is 5.56 Å². The molecule has 8 nitrogen and oxygen atoms in total. The second-order valence-corrected chi connectivity index (χ2v) is 7.08. The zero-order valence-electron chi connectivity index (χ0n) is 12.0. The molecule has 5 heterocycles. The summed E-state index contributed by atoms with van der Waals surface area (Å²) in [6.07, 6.45) is 0. The third kappa shape index (κ3) is 1.87. The Morgan fingerprint density at radius 3 is 2.83 bits per heavy atom. The maximum absolute atomic E-state index is 12.4. The van der Waals surface area contributed by atoms with Gasteiger partial charge >= 0.3 is 0 Å². The van der Waals surface area contributed by atoms with Gasteiger partial charge in [-0.1, -0.05) is 17.2 Å². The van der Waals surface area contributed by atoms with E-state index in [9.17, 15) is 4.79 Å². The lowest BCUT2D eigenvalue weighted by Crippen LogP contribution is -2.28. The van der Waals surface area contributed by atoms with Gasteiger partial charge in [0.2, 0.25) is 5.95 Å². The van der Waals surface area contributed by atoms with Crippen LogP contribution in [0.25, 0.3) is 10.6 Å². The zero-order valence-corrected chi connectivity index (χ0v) is 13.6. The molecule has 1 atom stereocenters. The van der Waals surface area contributed by atoms with E-state index in [4.69, 9.17) is 0 Å². The molecule has 0 fully saturated rings. The molecule has 5 rings (SSSR count). The summed E-state index contributed by atoms with van der Waals surface area (Å²) < 4.78 is 1.69. The second-order valence-electron chi connectivity index (χ2n) is 5.16. The van der Waals surface area contributed by atoms with E-state index in [1.165, 1.54) is 0 Å². The molecule has 1 aliphatic heterocycles. The predicted octanol–water partition coefficient (Wildman–Crippen LogP) is 2.24. The number of aromatic nitrogens is 6. The largest absolute Gasteiger partial charge is 0.318 e. The summed E-state index contributed by atoms with van der Waals surface area (Å²) in [4.78, 5) is 14.4. The van der Waals surface area contributed by atoms with Crippen LogP contribution in [0.15, 0.2) is 39.8 Å². The van der Waals surface area contributed by atoms with Crippen LogP contribution in [0, 0.1) is 0 Å². The predicted molar refractivity (Wildman–Crippen MR) is 90.8 cm³/mol. The van der Waals surface area contributed by atoms with Crippen LogP contribution in [0.2, 0.25) is 0 Å². The molecule has 1 aliphatic rings. The van der Waals surface area contributed by atoms with E-state index in [1.807, 2.05) is 35.0 Å². The number of nitrogens with zero attached hydrogens (tertiary/aromatic N) is 5. The Hall–Kier alpha value is -2.85.